The van der Waals surface area contributed by atoms with Gasteiger partial charge in [0.05, 0.1) is 12.5 Å². The van der Waals surface area contributed by atoms with E-state index in [0.29, 0.717) is 18.6 Å². The maximum Gasteiger partial charge on any atom is 0.310 e. The summed E-state index contributed by atoms with van der Waals surface area (Å²) in [5, 5.41) is 1.41. The summed E-state index contributed by atoms with van der Waals surface area (Å²) in [4.78, 5) is 18.3. The van der Waals surface area contributed by atoms with Crippen molar-refractivity contribution < 1.29 is 9.53 Å². The van der Waals surface area contributed by atoms with Gasteiger partial charge in [0.1, 0.15) is 0 Å². The van der Waals surface area contributed by atoms with Crippen LogP contribution in [0.1, 0.15) is 24.5 Å². The number of nitrogens with one attached hydrogen (secondary N) is 1. The predicted octanol–water partition coefficient (Wildman–Crippen LogP) is 2.48. The first-order valence-corrected chi connectivity index (χ1v) is 8.63. The van der Waals surface area contributed by atoms with Crippen LogP contribution in [0.15, 0.2) is 24.4 Å². The molecule has 23 heavy (non-hydrogen) atoms. The number of esters is 1. The number of piperidine rings is 1. The molecule has 4 heteroatoms. The van der Waals surface area contributed by atoms with Crippen molar-refractivity contribution in [3.05, 3.63) is 35.5 Å². The zero-order valence-corrected chi connectivity index (χ0v) is 13.6. The lowest BCUT2D eigenvalue weighted by Gasteiger charge is -2.45. The number of carbonyl (C=O) groups is 1. The zero-order chi connectivity index (χ0) is 15.8. The number of ether oxygens (including phenoxy) is 1. The summed E-state index contributed by atoms with van der Waals surface area (Å²) in [6, 6.07) is 7.10. The van der Waals surface area contributed by atoms with Crippen molar-refractivity contribution in [2.24, 2.45) is 11.8 Å². The van der Waals surface area contributed by atoms with Crippen LogP contribution >= 0.6 is 0 Å². The number of likely N-dealkylation sites (N-methyl/N-ethyl adjacent to an activating group) is 1. The normalized spacial score (nSPS) is 34.8. The number of nitrogens with zero attached hydrogens (tertiary/aromatic N) is 1. The van der Waals surface area contributed by atoms with Gasteiger partial charge < -0.3 is 14.6 Å². The van der Waals surface area contributed by atoms with Gasteiger partial charge >= 0.3 is 5.97 Å². The average molecular weight is 310 g/mol. The third-order valence-corrected chi connectivity index (χ3v) is 6.45. The molecule has 5 rings (SSSR count). The number of hydrogen-bond donors (Lipinski definition) is 1. The lowest BCUT2D eigenvalue weighted by molar-refractivity contribution is -0.151. The van der Waals surface area contributed by atoms with Crippen molar-refractivity contribution in [2.75, 3.05) is 20.2 Å². The van der Waals surface area contributed by atoms with Gasteiger partial charge in [-0.05, 0) is 49.9 Å². The second-order valence-corrected chi connectivity index (χ2v) is 7.41. The summed E-state index contributed by atoms with van der Waals surface area (Å²) in [5.74, 6) is 0.454. The average Bonchev–Trinajstić information content (AvgIpc) is 3.15. The van der Waals surface area contributed by atoms with Crippen LogP contribution in [0.2, 0.25) is 0 Å². The molecule has 2 heterocycles. The minimum atomic E-state index is -0.00767. The summed E-state index contributed by atoms with van der Waals surface area (Å²) < 4.78 is 5.36. The van der Waals surface area contributed by atoms with Crippen LogP contribution < -0.4 is 0 Å². The highest BCUT2D eigenvalue weighted by Gasteiger charge is 2.69. The molecule has 1 saturated heterocycles. The zero-order valence-electron chi connectivity index (χ0n) is 13.6. The number of carbonyl (C=O) groups excluding carboxylic acids is 1. The molecule has 0 amide bonds. The van der Waals surface area contributed by atoms with Crippen molar-refractivity contribution >= 4 is 16.9 Å². The molecule has 1 aromatic heterocycles. The Labute approximate surface area is 135 Å². The Bertz CT molecular complexity index is 811. The molecular formula is C19H22N2O2. The van der Waals surface area contributed by atoms with Gasteiger partial charge in [0.2, 0.25) is 0 Å². The summed E-state index contributed by atoms with van der Waals surface area (Å²) in [5.41, 5.74) is 4.27. The van der Waals surface area contributed by atoms with Gasteiger partial charge in [0.15, 0.2) is 0 Å². The van der Waals surface area contributed by atoms with E-state index in [2.05, 4.69) is 41.3 Å². The Kier molecular flexibility index (Phi) is 2.59. The van der Waals surface area contributed by atoms with Gasteiger partial charge in [-0.25, -0.2) is 0 Å². The highest BCUT2D eigenvalue weighted by molar-refractivity contribution is 5.90. The molecule has 1 saturated carbocycles. The third-order valence-electron chi connectivity index (χ3n) is 6.45. The molecule has 1 aromatic carbocycles. The minimum Gasteiger partial charge on any atom is -0.466 e. The van der Waals surface area contributed by atoms with Crippen LogP contribution in [-0.2, 0) is 21.4 Å². The van der Waals surface area contributed by atoms with E-state index in [1.54, 1.807) is 0 Å². The number of benzene rings is 1. The second kappa shape index (κ2) is 4.38. The standard InChI is InChI=1S/C19H22N2O2/c1-3-23-18(22)12-10-21(2)16-7-11-9-20-15-6-4-5-13(17(11)15)19(16)8-14(12)19/h4-6,9,12,14,16,20H,3,7-8,10H2,1-2H3. The molecule has 3 aliphatic rings. The molecule has 4 unspecified atom stereocenters. The minimum absolute atomic E-state index is 0.00767. The van der Waals surface area contributed by atoms with E-state index in [4.69, 9.17) is 4.74 Å². The number of aromatic nitrogens is 1. The van der Waals surface area contributed by atoms with Crippen LogP contribution in [0.3, 0.4) is 0 Å². The Morgan fingerprint density at radius 1 is 1.48 bits per heavy atom. The number of hydrogen-bond acceptors (Lipinski definition) is 3. The fraction of sp³-hybridized carbons (Fsp3) is 0.526. The monoisotopic (exact) mass is 310 g/mol. The molecule has 4 nitrogen and oxygen atoms in total. The van der Waals surface area contributed by atoms with Crippen molar-refractivity contribution in [3.63, 3.8) is 0 Å². The van der Waals surface area contributed by atoms with Crippen molar-refractivity contribution in [2.45, 2.75) is 31.2 Å². The Balaban J connectivity index is 1.64. The first-order chi connectivity index (χ1) is 11.2. The maximum atomic E-state index is 12.4. The van der Waals surface area contributed by atoms with Crippen LogP contribution in [0, 0.1) is 11.8 Å². The van der Waals surface area contributed by atoms with E-state index in [1.807, 2.05) is 6.92 Å². The van der Waals surface area contributed by atoms with E-state index in [-0.39, 0.29) is 17.3 Å². The van der Waals surface area contributed by atoms with E-state index in [1.165, 1.54) is 22.0 Å². The quantitative estimate of drug-likeness (QED) is 0.867. The first kappa shape index (κ1) is 13.6. The highest BCUT2D eigenvalue weighted by Crippen LogP contribution is 2.66. The Hall–Kier alpha value is -1.81. The lowest BCUT2D eigenvalue weighted by Crippen LogP contribution is -2.53. The molecule has 1 aliphatic heterocycles. The second-order valence-electron chi connectivity index (χ2n) is 7.41. The summed E-state index contributed by atoms with van der Waals surface area (Å²) in [6.07, 6.45) is 4.37. The van der Waals surface area contributed by atoms with Crippen molar-refractivity contribution in [1.82, 2.24) is 9.88 Å². The van der Waals surface area contributed by atoms with Crippen LogP contribution in [0.25, 0.3) is 10.9 Å². The molecule has 2 aromatic rings. The van der Waals surface area contributed by atoms with E-state index in [0.717, 1.165) is 19.4 Å². The highest BCUT2D eigenvalue weighted by atomic mass is 16.5. The molecule has 2 fully saturated rings. The molecule has 4 atom stereocenters. The molecular weight excluding hydrogens is 288 g/mol. The van der Waals surface area contributed by atoms with Crippen LogP contribution in [-0.4, -0.2) is 42.1 Å². The van der Waals surface area contributed by atoms with Crippen molar-refractivity contribution in [1.29, 1.82) is 0 Å². The molecule has 0 bridgehead atoms. The van der Waals surface area contributed by atoms with Gasteiger partial charge in [-0.2, -0.15) is 0 Å². The fourth-order valence-electron chi connectivity index (χ4n) is 5.48. The third kappa shape index (κ3) is 1.57. The summed E-state index contributed by atoms with van der Waals surface area (Å²) in [7, 11) is 2.17. The summed E-state index contributed by atoms with van der Waals surface area (Å²) in [6.45, 7) is 3.19. The van der Waals surface area contributed by atoms with Crippen molar-refractivity contribution in [3.8, 4) is 0 Å². The lowest BCUT2D eigenvalue weighted by atomic mass is 9.71. The largest absolute Gasteiger partial charge is 0.466 e. The van der Waals surface area contributed by atoms with Gasteiger partial charge in [0.25, 0.3) is 0 Å². The van der Waals surface area contributed by atoms with E-state index in [9.17, 15) is 4.79 Å². The number of H-pyrrole nitrogens is 1. The van der Waals surface area contributed by atoms with Gasteiger partial charge in [0, 0.05) is 35.1 Å². The Morgan fingerprint density at radius 3 is 3.17 bits per heavy atom. The Morgan fingerprint density at radius 2 is 2.35 bits per heavy atom. The predicted molar refractivity (Wildman–Crippen MR) is 88.3 cm³/mol. The summed E-state index contributed by atoms with van der Waals surface area (Å²) >= 11 is 0. The van der Waals surface area contributed by atoms with E-state index >= 15 is 0 Å². The van der Waals surface area contributed by atoms with Gasteiger partial charge in [-0.15, -0.1) is 0 Å². The molecule has 2 aliphatic carbocycles. The maximum absolute atomic E-state index is 12.4. The van der Waals surface area contributed by atoms with Crippen LogP contribution in [0.5, 0.6) is 0 Å². The smallest absolute Gasteiger partial charge is 0.310 e. The molecule has 1 spiro atoms. The molecule has 120 valence electrons. The topological polar surface area (TPSA) is 45.3 Å². The fourth-order valence-corrected chi connectivity index (χ4v) is 5.48. The van der Waals surface area contributed by atoms with Crippen LogP contribution in [0.4, 0.5) is 0 Å². The number of aromatic amines is 1. The van der Waals surface area contributed by atoms with Gasteiger partial charge in [-0.1, -0.05) is 12.1 Å². The number of rotatable bonds is 2. The first-order valence-electron chi connectivity index (χ1n) is 8.63. The SMILES string of the molecule is CCOC(=O)C1CN(C)C2Cc3c[nH]c4cccc(c34)C23CC13. The molecule has 1 N–H and O–H groups in total. The molecule has 0 radical (unpaired) electrons. The van der Waals surface area contributed by atoms with Gasteiger partial charge in [-0.3, -0.25) is 4.79 Å². The number of likely N-dealkylation sites (tertiary alicyclic amines) is 1. The van der Waals surface area contributed by atoms with E-state index < -0.39 is 0 Å².